The number of aliphatic hydroxyl groups is 2. The van der Waals surface area contributed by atoms with Crippen LogP contribution in [0.1, 0.15) is 26.2 Å². The van der Waals surface area contributed by atoms with Gasteiger partial charge in [0.25, 0.3) is 0 Å². The zero-order valence-corrected chi connectivity index (χ0v) is 15.2. The summed E-state index contributed by atoms with van der Waals surface area (Å²) in [7, 11) is 0. The first-order chi connectivity index (χ1) is 12.0. The third kappa shape index (κ3) is 8.94. The first-order valence-corrected chi connectivity index (χ1v) is 8.28. The smallest absolute Gasteiger partial charge is 0.309 e. The molecule has 8 N–H and O–H groups in total. The first kappa shape index (κ1) is 24.1. The number of Topliss-reactive ketones (excluding diaryl/α,β-unsaturated/α-hetero) is 2. The molecule has 0 aromatic carbocycles. The lowest BCUT2D eigenvalue weighted by molar-refractivity contribution is -0.145. The molecule has 0 bridgehead atoms. The van der Waals surface area contributed by atoms with Gasteiger partial charge >= 0.3 is 5.97 Å². The van der Waals surface area contributed by atoms with E-state index >= 15 is 0 Å². The number of carbonyl (C=O) groups excluding carboxylic acids is 3. The van der Waals surface area contributed by atoms with E-state index in [1.807, 2.05) is 0 Å². The number of carboxylic acids is 1. The Morgan fingerprint density at radius 1 is 1.12 bits per heavy atom. The van der Waals surface area contributed by atoms with E-state index in [1.165, 1.54) is 6.92 Å². The normalized spacial score (nSPS) is 15.4. The highest BCUT2D eigenvalue weighted by molar-refractivity contribution is 7.80. The van der Waals surface area contributed by atoms with Crippen LogP contribution in [0.3, 0.4) is 0 Å². The minimum absolute atomic E-state index is 0.0270. The van der Waals surface area contributed by atoms with Crippen LogP contribution in [0.15, 0.2) is 0 Å². The number of amides is 1. The molecule has 0 spiro atoms. The molecule has 0 saturated heterocycles. The number of hydrogen-bond acceptors (Lipinski definition) is 8. The van der Waals surface area contributed by atoms with Crippen molar-refractivity contribution in [3.05, 3.63) is 0 Å². The lowest BCUT2D eigenvalue weighted by Gasteiger charge is -2.19. The molecule has 0 fully saturated rings. The van der Waals surface area contributed by atoms with Crippen molar-refractivity contribution in [3.8, 4) is 0 Å². The number of nitrogens with one attached hydrogen (secondary N) is 1. The van der Waals surface area contributed by atoms with Crippen LogP contribution in [0.2, 0.25) is 0 Å². The molecule has 0 aromatic heterocycles. The maximum absolute atomic E-state index is 12.0. The monoisotopic (exact) mass is 391 g/mol. The van der Waals surface area contributed by atoms with Gasteiger partial charge in [0, 0.05) is 25.2 Å². The molecule has 148 valence electrons. The fourth-order valence-corrected chi connectivity index (χ4v) is 2.31. The third-order valence-corrected chi connectivity index (χ3v) is 4.14. The van der Waals surface area contributed by atoms with Gasteiger partial charge in [0.15, 0.2) is 5.78 Å². The van der Waals surface area contributed by atoms with E-state index in [9.17, 15) is 24.3 Å². The summed E-state index contributed by atoms with van der Waals surface area (Å²) in [5.41, 5.74) is 10.6. The Labute approximate surface area is 155 Å². The van der Waals surface area contributed by atoms with Gasteiger partial charge in [0.1, 0.15) is 5.78 Å². The number of carbonyl (C=O) groups is 4. The van der Waals surface area contributed by atoms with Gasteiger partial charge in [0.05, 0.1) is 36.2 Å². The van der Waals surface area contributed by atoms with Gasteiger partial charge in [-0.15, -0.1) is 0 Å². The highest BCUT2D eigenvalue weighted by Gasteiger charge is 2.26. The second-order valence-electron chi connectivity index (χ2n) is 5.98. The van der Waals surface area contributed by atoms with Gasteiger partial charge in [-0.2, -0.15) is 0 Å². The quantitative estimate of drug-likeness (QED) is 0.186. The Kier molecular flexibility index (Phi) is 10.8. The fourth-order valence-electron chi connectivity index (χ4n) is 2.07. The number of ketones is 2. The number of primary amides is 1. The summed E-state index contributed by atoms with van der Waals surface area (Å²) in [5.74, 6) is -5.14. The first-order valence-electron chi connectivity index (χ1n) is 7.87. The Hall–Kier alpha value is -1.95. The molecular weight excluding hydrogens is 366 g/mol. The molecule has 0 rings (SSSR count). The van der Waals surface area contributed by atoms with Gasteiger partial charge in [0.2, 0.25) is 5.91 Å². The summed E-state index contributed by atoms with van der Waals surface area (Å²) in [6.07, 6.45) is -2.01. The number of nitrogens with two attached hydrogens (primary N) is 2. The van der Waals surface area contributed by atoms with Crippen molar-refractivity contribution in [1.82, 2.24) is 5.32 Å². The van der Waals surface area contributed by atoms with Crippen molar-refractivity contribution in [2.45, 2.75) is 38.3 Å². The topological polar surface area (TPSA) is 193 Å². The summed E-state index contributed by atoms with van der Waals surface area (Å²) in [6, 6.07) is -1.11. The predicted molar refractivity (Wildman–Crippen MR) is 95.0 cm³/mol. The Morgan fingerprint density at radius 3 is 2.08 bits per heavy atom. The molecule has 0 aliphatic heterocycles. The minimum Gasteiger partial charge on any atom is -0.481 e. The average Bonchev–Trinajstić information content (AvgIpc) is 2.54. The Morgan fingerprint density at radius 2 is 1.65 bits per heavy atom. The van der Waals surface area contributed by atoms with Gasteiger partial charge in [-0.25, -0.2) is 0 Å². The summed E-state index contributed by atoms with van der Waals surface area (Å²) < 4.78 is 0. The van der Waals surface area contributed by atoms with Crippen LogP contribution < -0.4 is 16.8 Å². The van der Waals surface area contributed by atoms with Gasteiger partial charge < -0.3 is 32.1 Å². The predicted octanol–water partition coefficient (Wildman–Crippen LogP) is -2.29. The van der Waals surface area contributed by atoms with Crippen LogP contribution in [0.25, 0.3) is 0 Å². The van der Waals surface area contributed by atoms with Crippen LogP contribution in [0, 0.1) is 11.8 Å². The zero-order valence-electron chi connectivity index (χ0n) is 14.4. The SMILES string of the molecule is CC(O)[C@@H](N)C(=O)CNC(=S)[C@@H](CC(N)=O)CC(=O)C[C@H](CO)C(=O)O. The van der Waals surface area contributed by atoms with Crippen molar-refractivity contribution in [2.75, 3.05) is 13.2 Å². The molecule has 0 aromatic rings. The van der Waals surface area contributed by atoms with E-state index in [0.717, 1.165) is 0 Å². The largest absolute Gasteiger partial charge is 0.481 e. The highest BCUT2D eigenvalue weighted by atomic mass is 32.1. The number of aliphatic carboxylic acids is 1. The molecule has 0 aliphatic carbocycles. The summed E-state index contributed by atoms with van der Waals surface area (Å²) >= 11 is 5.08. The maximum atomic E-state index is 12.0. The molecular formula is C15H25N3O7S. The van der Waals surface area contributed by atoms with Crippen LogP contribution in [-0.4, -0.2) is 69.0 Å². The van der Waals surface area contributed by atoms with Crippen LogP contribution in [0.5, 0.6) is 0 Å². The number of aliphatic hydroxyl groups excluding tert-OH is 2. The van der Waals surface area contributed by atoms with Crippen molar-refractivity contribution in [2.24, 2.45) is 23.3 Å². The molecule has 0 saturated carbocycles. The van der Waals surface area contributed by atoms with Crippen molar-refractivity contribution in [1.29, 1.82) is 0 Å². The van der Waals surface area contributed by atoms with Gasteiger partial charge in [-0.1, -0.05) is 12.2 Å². The minimum atomic E-state index is -1.31. The van der Waals surface area contributed by atoms with E-state index in [-0.39, 0.29) is 24.4 Å². The van der Waals surface area contributed by atoms with E-state index in [0.29, 0.717) is 0 Å². The summed E-state index contributed by atoms with van der Waals surface area (Å²) in [4.78, 5) is 45.9. The highest BCUT2D eigenvalue weighted by Crippen LogP contribution is 2.15. The number of thiocarbonyl (C=S) groups is 1. The standard InChI is InChI=1S/C15H25N3O7S/c1-7(20)13(17)11(22)5-18-14(26)8(4-12(16)23)2-10(21)3-9(6-19)15(24)25/h7-9,13,19-20H,2-6,17H2,1H3,(H2,16,23)(H,18,26)(H,24,25)/t7?,8-,9-,13-/m1/s1. The number of hydrogen-bond donors (Lipinski definition) is 6. The molecule has 10 nitrogen and oxygen atoms in total. The molecule has 0 heterocycles. The molecule has 1 amide bonds. The summed E-state index contributed by atoms with van der Waals surface area (Å²) in [6.45, 7) is 0.355. The van der Waals surface area contributed by atoms with Gasteiger partial charge in [-0.05, 0) is 6.92 Å². The average molecular weight is 391 g/mol. The molecule has 0 radical (unpaired) electrons. The molecule has 1 unspecified atom stereocenters. The van der Waals surface area contributed by atoms with Crippen LogP contribution in [-0.2, 0) is 19.2 Å². The van der Waals surface area contributed by atoms with E-state index < -0.39 is 60.5 Å². The lowest BCUT2D eigenvalue weighted by Crippen LogP contribution is -2.46. The lowest BCUT2D eigenvalue weighted by atomic mass is 9.93. The van der Waals surface area contributed by atoms with Gasteiger partial charge in [-0.3, -0.25) is 19.2 Å². The van der Waals surface area contributed by atoms with E-state index in [1.54, 1.807) is 0 Å². The molecule has 4 atom stereocenters. The Bertz CT molecular complexity index is 553. The van der Waals surface area contributed by atoms with Crippen LogP contribution >= 0.6 is 12.2 Å². The number of rotatable bonds is 13. The van der Waals surface area contributed by atoms with Crippen LogP contribution in [0.4, 0.5) is 0 Å². The molecule has 0 aliphatic rings. The second kappa shape index (κ2) is 11.6. The third-order valence-electron chi connectivity index (χ3n) is 3.66. The molecule has 26 heavy (non-hydrogen) atoms. The fraction of sp³-hybridized carbons (Fsp3) is 0.667. The van der Waals surface area contributed by atoms with E-state index in [2.05, 4.69) is 5.32 Å². The molecule has 11 heteroatoms. The van der Waals surface area contributed by atoms with E-state index in [4.69, 9.17) is 33.9 Å². The Balaban J connectivity index is 4.84. The second-order valence-corrected chi connectivity index (χ2v) is 6.42. The summed E-state index contributed by atoms with van der Waals surface area (Å²) in [5, 5.41) is 29.7. The number of carboxylic acid groups (broad SMARTS) is 1. The van der Waals surface area contributed by atoms with Crippen molar-refractivity contribution < 1.29 is 34.5 Å². The zero-order chi connectivity index (χ0) is 20.4. The van der Waals surface area contributed by atoms with Crippen molar-refractivity contribution in [3.63, 3.8) is 0 Å². The maximum Gasteiger partial charge on any atom is 0.309 e. The van der Waals surface area contributed by atoms with Crippen molar-refractivity contribution >= 4 is 40.6 Å².